The summed E-state index contributed by atoms with van der Waals surface area (Å²) in [6.07, 6.45) is -1.50. The van der Waals surface area contributed by atoms with E-state index in [0.29, 0.717) is 0 Å². The second-order valence-electron chi connectivity index (χ2n) is 3.68. The summed E-state index contributed by atoms with van der Waals surface area (Å²) >= 11 is 7.55. The fraction of sp³-hybridized carbons (Fsp3) is 0.417. The number of hydrogen-bond acceptors (Lipinski definition) is 1. The molecule has 0 aliphatic carbocycles. The quantitative estimate of drug-likeness (QED) is 0.583. The first kappa shape index (κ1) is 17.6. The summed E-state index contributed by atoms with van der Waals surface area (Å²) in [5.41, 5.74) is -1.14. The van der Waals surface area contributed by atoms with Gasteiger partial charge in [-0.25, -0.2) is 0 Å². The van der Waals surface area contributed by atoms with Gasteiger partial charge < -0.3 is 0 Å². The third-order valence-corrected chi connectivity index (χ3v) is 2.59. The third kappa shape index (κ3) is 5.95. The molecule has 0 unspecified atom stereocenters. The number of hydrogen-bond donors (Lipinski definition) is 0. The van der Waals surface area contributed by atoms with E-state index in [-0.39, 0.29) is 11.8 Å². The van der Waals surface area contributed by atoms with Gasteiger partial charge >= 0.3 is 48.8 Å². The number of benzene rings is 1. The van der Waals surface area contributed by atoms with E-state index >= 15 is 0 Å². The second kappa shape index (κ2) is 8.63. The van der Waals surface area contributed by atoms with E-state index in [0.717, 1.165) is 12.1 Å². The Bertz CT molecular complexity index is 378. The van der Waals surface area contributed by atoms with Gasteiger partial charge in [0.2, 0.25) is 0 Å². The van der Waals surface area contributed by atoms with Gasteiger partial charge in [-0.15, -0.1) is 0 Å². The topological polar surface area (TPSA) is 17.1 Å². The van der Waals surface area contributed by atoms with Crippen LogP contribution in [0.15, 0.2) is 18.2 Å². The van der Waals surface area contributed by atoms with E-state index in [2.05, 4.69) is 24.6 Å². The van der Waals surface area contributed by atoms with E-state index in [9.17, 15) is 18.0 Å². The summed E-state index contributed by atoms with van der Waals surface area (Å²) in [5, 5.41) is 0.793. The molecule has 0 atom stereocenters. The summed E-state index contributed by atoms with van der Waals surface area (Å²) in [5.74, 6) is 0. The number of halogens is 4. The number of carbonyl (C=O) groups is 1. The number of aldehydes is 1. The van der Waals surface area contributed by atoms with Crippen LogP contribution in [0.2, 0.25) is 10.1 Å². The molecular formula is C12H13ClF3LiO. The van der Waals surface area contributed by atoms with Crippen molar-refractivity contribution in [3.8, 4) is 0 Å². The molecule has 1 aromatic rings. The van der Waals surface area contributed by atoms with Crippen LogP contribution in [0.25, 0.3) is 0 Å². The molecule has 18 heavy (non-hydrogen) atoms. The Kier molecular flexibility index (Phi) is 8.42. The number of carbonyl (C=O) groups excluding carboxylic acids is 1. The first-order chi connectivity index (χ1) is 8.38. The predicted molar refractivity (Wildman–Crippen MR) is 67.3 cm³/mol. The number of rotatable bonds is 3. The maximum absolute atomic E-state index is 12.2. The summed E-state index contributed by atoms with van der Waals surface area (Å²) < 4.78 is 36.5. The summed E-state index contributed by atoms with van der Waals surface area (Å²) in [6, 6.07) is 3.19. The molecule has 0 spiro atoms. The minimum absolute atomic E-state index is 0.156. The SMILES string of the molecule is O=Cc1cccc(C(F)(F)F)c1Cl.[Li][CH2]CCC. The molecule has 0 bridgehead atoms. The van der Waals surface area contributed by atoms with Gasteiger partial charge in [0.25, 0.3) is 0 Å². The molecule has 0 aliphatic rings. The van der Waals surface area contributed by atoms with Crippen molar-refractivity contribution in [1.82, 2.24) is 0 Å². The van der Waals surface area contributed by atoms with Crippen molar-refractivity contribution in [1.29, 1.82) is 0 Å². The molecule has 0 fully saturated rings. The van der Waals surface area contributed by atoms with Crippen molar-refractivity contribution < 1.29 is 18.0 Å². The average Bonchev–Trinajstić information content (AvgIpc) is 2.29. The summed E-state index contributed by atoms with van der Waals surface area (Å²) in [4.78, 5) is 10.3. The van der Waals surface area contributed by atoms with Crippen molar-refractivity contribution in [3.05, 3.63) is 34.3 Å². The molecule has 0 N–H and O–H groups in total. The Balaban J connectivity index is 0.000000494. The molecule has 0 saturated heterocycles. The van der Waals surface area contributed by atoms with Gasteiger partial charge in [-0.1, -0.05) is 23.7 Å². The fourth-order valence-corrected chi connectivity index (χ4v) is 1.49. The average molecular weight is 273 g/mol. The van der Waals surface area contributed by atoms with E-state index in [1.54, 1.807) is 0 Å². The van der Waals surface area contributed by atoms with Crippen molar-refractivity contribution in [3.63, 3.8) is 0 Å². The molecular weight excluding hydrogens is 260 g/mol. The van der Waals surface area contributed by atoms with Crippen LogP contribution in [0.1, 0.15) is 35.7 Å². The molecule has 1 aromatic carbocycles. The van der Waals surface area contributed by atoms with Crippen molar-refractivity contribution >= 4 is 35.6 Å². The molecule has 1 rings (SSSR count). The molecule has 0 radical (unpaired) electrons. The van der Waals surface area contributed by atoms with E-state index in [4.69, 9.17) is 11.6 Å². The van der Waals surface area contributed by atoms with Crippen LogP contribution in [0, 0.1) is 0 Å². The zero-order chi connectivity index (χ0) is 14.2. The first-order valence-corrected chi connectivity index (χ1v) is 6.07. The standard InChI is InChI=1S/C8H4ClF3O.C4H9.Li/c9-7-5(4-13)2-1-3-6(7)8(10,11)12;1-3-4-2;/h1-4H;1,3-4H2,2H3;. The Morgan fingerprint density at radius 1 is 1.39 bits per heavy atom. The fourth-order valence-electron chi connectivity index (χ4n) is 1.21. The maximum atomic E-state index is 12.2. The Morgan fingerprint density at radius 3 is 2.33 bits per heavy atom. The van der Waals surface area contributed by atoms with Crippen LogP contribution in [0.5, 0.6) is 0 Å². The summed E-state index contributed by atoms with van der Waals surface area (Å²) in [7, 11) is 0. The second-order valence-corrected chi connectivity index (χ2v) is 4.06. The van der Waals surface area contributed by atoms with E-state index in [1.807, 2.05) is 0 Å². The molecule has 0 aromatic heterocycles. The third-order valence-electron chi connectivity index (χ3n) is 2.17. The van der Waals surface area contributed by atoms with Gasteiger partial charge in [-0.3, -0.25) is 4.79 Å². The Morgan fingerprint density at radius 2 is 2.00 bits per heavy atom. The van der Waals surface area contributed by atoms with Gasteiger partial charge in [0, 0.05) is 5.56 Å². The van der Waals surface area contributed by atoms with Gasteiger partial charge in [0.1, 0.15) is 0 Å². The molecule has 0 heterocycles. The van der Waals surface area contributed by atoms with Crippen LogP contribution in [0.4, 0.5) is 13.2 Å². The normalized spacial score (nSPS) is 10.6. The van der Waals surface area contributed by atoms with Crippen LogP contribution in [-0.4, -0.2) is 24.0 Å². The van der Waals surface area contributed by atoms with Gasteiger partial charge in [-0.2, -0.15) is 13.2 Å². The molecule has 0 saturated carbocycles. The number of unbranched alkanes of at least 4 members (excludes halogenated alkanes) is 1. The van der Waals surface area contributed by atoms with Crippen LogP contribution in [0.3, 0.4) is 0 Å². The summed E-state index contributed by atoms with van der Waals surface area (Å²) in [6.45, 7) is 2.21. The zero-order valence-electron chi connectivity index (χ0n) is 10.4. The van der Waals surface area contributed by atoms with Crippen molar-refractivity contribution in [2.75, 3.05) is 0 Å². The van der Waals surface area contributed by atoms with Gasteiger partial charge in [-0.05, 0) is 6.07 Å². The van der Waals surface area contributed by atoms with Gasteiger partial charge in [0.05, 0.1) is 10.6 Å². The van der Waals surface area contributed by atoms with Crippen LogP contribution in [-0.2, 0) is 6.18 Å². The van der Waals surface area contributed by atoms with Gasteiger partial charge in [0.15, 0.2) is 6.29 Å². The van der Waals surface area contributed by atoms with E-state index in [1.165, 1.54) is 24.0 Å². The van der Waals surface area contributed by atoms with E-state index < -0.39 is 16.8 Å². The van der Waals surface area contributed by atoms with Crippen molar-refractivity contribution in [2.45, 2.75) is 31.0 Å². The van der Waals surface area contributed by atoms with Crippen LogP contribution < -0.4 is 0 Å². The Hall–Kier alpha value is -0.433. The molecule has 6 heteroatoms. The molecule has 96 valence electrons. The minimum atomic E-state index is -4.52. The molecule has 0 amide bonds. The van der Waals surface area contributed by atoms with Crippen molar-refractivity contribution in [2.24, 2.45) is 0 Å². The predicted octanol–water partition coefficient (Wildman–Crippen LogP) is 4.54. The number of alkyl halides is 3. The van der Waals surface area contributed by atoms with Crippen LogP contribution >= 0.6 is 11.6 Å². The Labute approximate surface area is 119 Å². The zero-order valence-corrected chi connectivity index (χ0v) is 11.1. The molecule has 1 nitrogen and oxygen atoms in total. The monoisotopic (exact) mass is 272 g/mol. The first-order valence-electron chi connectivity index (χ1n) is 5.69. The molecule has 0 aliphatic heterocycles.